The average molecular weight is 294 g/mol. The van der Waals surface area contributed by atoms with E-state index >= 15 is 0 Å². The molecule has 1 heterocycles. The van der Waals surface area contributed by atoms with E-state index in [-0.39, 0.29) is 5.69 Å². The summed E-state index contributed by atoms with van der Waals surface area (Å²) >= 11 is 0. The monoisotopic (exact) mass is 294 g/mol. The first-order valence-corrected chi connectivity index (χ1v) is 7.60. The van der Waals surface area contributed by atoms with Gasteiger partial charge in [0, 0.05) is 13.1 Å². The third kappa shape index (κ3) is 2.61. The molecule has 2 aliphatic rings. The Bertz CT molecular complexity index is 561. The number of rotatable bonds is 1. The van der Waals surface area contributed by atoms with E-state index in [1.165, 1.54) is 19.3 Å². The van der Waals surface area contributed by atoms with Crippen molar-refractivity contribution in [2.24, 2.45) is 11.8 Å². The molecule has 2 unspecified atom stereocenters. The second-order valence-corrected chi connectivity index (χ2v) is 6.17. The highest BCUT2D eigenvalue weighted by molar-refractivity contribution is 5.95. The SMILES string of the molecule is Nc1ccc(F)c(C(=O)N2CCC3CCCCC3C2)c1F. The predicted octanol–water partition coefficient (Wildman–Crippen LogP) is 3.20. The minimum atomic E-state index is -0.939. The zero-order valence-electron chi connectivity index (χ0n) is 11.9. The lowest BCUT2D eigenvalue weighted by atomic mass is 9.75. The van der Waals surface area contributed by atoms with Gasteiger partial charge in [-0.05, 0) is 36.8 Å². The zero-order chi connectivity index (χ0) is 15.0. The molecule has 3 rings (SSSR count). The fraction of sp³-hybridized carbons (Fsp3) is 0.562. The number of hydrogen-bond acceptors (Lipinski definition) is 2. The van der Waals surface area contributed by atoms with Crippen LogP contribution in [0.3, 0.4) is 0 Å². The highest BCUT2D eigenvalue weighted by Gasteiger charge is 2.34. The van der Waals surface area contributed by atoms with Crippen LogP contribution >= 0.6 is 0 Å². The van der Waals surface area contributed by atoms with Crippen molar-refractivity contribution in [1.29, 1.82) is 0 Å². The summed E-state index contributed by atoms with van der Waals surface area (Å²) in [4.78, 5) is 14.0. The van der Waals surface area contributed by atoms with E-state index < -0.39 is 23.1 Å². The largest absolute Gasteiger partial charge is 0.396 e. The maximum atomic E-state index is 14.0. The number of benzene rings is 1. The van der Waals surface area contributed by atoms with E-state index in [0.717, 1.165) is 25.0 Å². The standard InChI is InChI=1S/C16H20F2N2O/c17-12-5-6-13(19)15(18)14(12)16(21)20-8-7-10-3-1-2-4-11(10)9-20/h5-6,10-11H,1-4,7-9,19H2. The molecule has 2 N–H and O–H groups in total. The molecule has 1 aliphatic carbocycles. The molecule has 2 fully saturated rings. The molecular weight excluding hydrogens is 274 g/mol. The Labute approximate surface area is 123 Å². The van der Waals surface area contributed by atoms with Crippen molar-refractivity contribution in [3.8, 4) is 0 Å². The molecule has 1 amide bonds. The van der Waals surface area contributed by atoms with Crippen LogP contribution in [0, 0.1) is 23.5 Å². The Balaban J connectivity index is 1.81. The minimum Gasteiger partial charge on any atom is -0.396 e. The van der Waals surface area contributed by atoms with Crippen molar-refractivity contribution >= 4 is 11.6 Å². The van der Waals surface area contributed by atoms with Crippen LogP contribution in [0.15, 0.2) is 12.1 Å². The third-order valence-corrected chi connectivity index (χ3v) is 4.91. The first-order chi connectivity index (χ1) is 10.1. The molecule has 0 radical (unpaired) electrons. The number of anilines is 1. The zero-order valence-corrected chi connectivity index (χ0v) is 11.9. The number of carbonyl (C=O) groups is 1. The van der Waals surface area contributed by atoms with Crippen LogP contribution in [0.2, 0.25) is 0 Å². The topological polar surface area (TPSA) is 46.3 Å². The van der Waals surface area contributed by atoms with Gasteiger partial charge in [-0.15, -0.1) is 0 Å². The minimum absolute atomic E-state index is 0.188. The van der Waals surface area contributed by atoms with Crippen molar-refractivity contribution in [2.45, 2.75) is 32.1 Å². The smallest absolute Gasteiger partial charge is 0.259 e. The molecule has 1 saturated carbocycles. The number of halogens is 2. The van der Waals surface area contributed by atoms with Crippen LogP contribution in [0.1, 0.15) is 42.5 Å². The highest BCUT2D eigenvalue weighted by atomic mass is 19.1. The number of amides is 1. The van der Waals surface area contributed by atoms with Gasteiger partial charge in [-0.1, -0.05) is 19.3 Å². The summed E-state index contributed by atoms with van der Waals surface area (Å²) in [6, 6.07) is 2.20. The summed E-state index contributed by atoms with van der Waals surface area (Å²) in [6.45, 7) is 1.19. The van der Waals surface area contributed by atoms with Crippen molar-refractivity contribution in [2.75, 3.05) is 18.8 Å². The van der Waals surface area contributed by atoms with Crippen LogP contribution < -0.4 is 5.73 Å². The summed E-state index contributed by atoms with van der Waals surface area (Å²) in [6.07, 6.45) is 5.70. The molecular formula is C16H20F2N2O. The maximum Gasteiger partial charge on any atom is 0.259 e. The number of nitrogens with zero attached hydrogens (tertiary/aromatic N) is 1. The first kappa shape index (κ1) is 14.3. The van der Waals surface area contributed by atoms with Crippen LogP contribution in [-0.4, -0.2) is 23.9 Å². The second-order valence-electron chi connectivity index (χ2n) is 6.17. The van der Waals surface area contributed by atoms with Crippen molar-refractivity contribution in [3.63, 3.8) is 0 Å². The Hall–Kier alpha value is -1.65. The Morgan fingerprint density at radius 2 is 1.86 bits per heavy atom. The van der Waals surface area contributed by atoms with Crippen LogP contribution in [0.25, 0.3) is 0 Å². The Morgan fingerprint density at radius 3 is 2.62 bits per heavy atom. The van der Waals surface area contributed by atoms with Gasteiger partial charge < -0.3 is 10.6 Å². The number of fused-ring (bicyclic) bond motifs is 1. The fourth-order valence-corrected chi connectivity index (χ4v) is 3.71. The van der Waals surface area contributed by atoms with E-state index in [1.54, 1.807) is 4.90 Å². The van der Waals surface area contributed by atoms with E-state index in [2.05, 4.69) is 0 Å². The highest BCUT2D eigenvalue weighted by Crippen LogP contribution is 2.36. The van der Waals surface area contributed by atoms with Crippen molar-refractivity contribution in [1.82, 2.24) is 4.90 Å². The Kier molecular flexibility index (Phi) is 3.83. The van der Waals surface area contributed by atoms with Gasteiger partial charge >= 0.3 is 0 Å². The molecule has 21 heavy (non-hydrogen) atoms. The fourth-order valence-electron chi connectivity index (χ4n) is 3.71. The van der Waals surface area contributed by atoms with Crippen LogP contribution in [0.4, 0.5) is 14.5 Å². The molecule has 1 saturated heterocycles. The van der Waals surface area contributed by atoms with Gasteiger partial charge in [0.05, 0.1) is 5.69 Å². The number of likely N-dealkylation sites (tertiary alicyclic amines) is 1. The molecule has 0 spiro atoms. The molecule has 0 bridgehead atoms. The number of carbonyl (C=O) groups excluding carboxylic acids is 1. The van der Waals surface area contributed by atoms with E-state index in [0.29, 0.717) is 24.9 Å². The van der Waals surface area contributed by atoms with E-state index in [9.17, 15) is 13.6 Å². The van der Waals surface area contributed by atoms with Crippen LogP contribution in [-0.2, 0) is 0 Å². The van der Waals surface area contributed by atoms with Gasteiger partial charge in [0.1, 0.15) is 11.4 Å². The summed E-state index contributed by atoms with van der Waals surface area (Å²) in [5, 5.41) is 0. The van der Waals surface area contributed by atoms with E-state index in [4.69, 9.17) is 5.73 Å². The predicted molar refractivity (Wildman–Crippen MR) is 76.7 cm³/mol. The molecule has 1 aromatic rings. The van der Waals surface area contributed by atoms with Gasteiger partial charge in [0.15, 0.2) is 5.82 Å². The molecule has 0 aromatic heterocycles. The second kappa shape index (κ2) is 5.62. The molecule has 1 aliphatic heterocycles. The van der Waals surface area contributed by atoms with Crippen molar-refractivity contribution in [3.05, 3.63) is 29.3 Å². The quantitative estimate of drug-likeness (QED) is 0.808. The summed E-state index contributed by atoms with van der Waals surface area (Å²) in [5.41, 5.74) is 4.75. The van der Waals surface area contributed by atoms with E-state index in [1.807, 2.05) is 0 Å². The number of hydrogen-bond donors (Lipinski definition) is 1. The molecule has 1 aromatic carbocycles. The summed E-state index contributed by atoms with van der Waals surface area (Å²) in [7, 11) is 0. The lowest BCUT2D eigenvalue weighted by Gasteiger charge is -2.41. The van der Waals surface area contributed by atoms with Gasteiger partial charge in [-0.2, -0.15) is 0 Å². The third-order valence-electron chi connectivity index (χ3n) is 4.91. The normalized spacial score (nSPS) is 25.5. The number of nitrogen functional groups attached to an aromatic ring is 1. The maximum absolute atomic E-state index is 14.0. The Morgan fingerprint density at radius 1 is 1.14 bits per heavy atom. The number of piperidine rings is 1. The lowest BCUT2D eigenvalue weighted by molar-refractivity contribution is 0.0512. The summed E-state index contributed by atoms with van der Waals surface area (Å²) in [5.74, 6) is -1.20. The van der Waals surface area contributed by atoms with Gasteiger partial charge in [-0.3, -0.25) is 4.79 Å². The first-order valence-electron chi connectivity index (χ1n) is 7.60. The lowest BCUT2D eigenvalue weighted by Crippen LogP contribution is -2.45. The molecule has 3 nitrogen and oxygen atoms in total. The van der Waals surface area contributed by atoms with Gasteiger partial charge in [0.25, 0.3) is 5.91 Å². The van der Waals surface area contributed by atoms with Crippen LogP contribution in [0.5, 0.6) is 0 Å². The molecule has 2 atom stereocenters. The number of nitrogens with two attached hydrogens (primary N) is 1. The summed E-state index contributed by atoms with van der Waals surface area (Å²) < 4.78 is 27.8. The van der Waals surface area contributed by atoms with Crippen molar-refractivity contribution < 1.29 is 13.6 Å². The molecule has 114 valence electrons. The van der Waals surface area contributed by atoms with Gasteiger partial charge in [-0.25, -0.2) is 8.78 Å². The molecule has 5 heteroatoms. The average Bonchev–Trinajstić information content (AvgIpc) is 2.51. The van der Waals surface area contributed by atoms with Gasteiger partial charge in [0.2, 0.25) is 0 Å².